The van der Waals surface area contributed by atoms with Crippen LogP contribution in [-0.2, 0) is 17.5 Å². The molecule has 172 valence electrons. The highest BCUT2D eigenvalue weighted by molar-refractivity contribution is 5.92. The van der Waals surface area contributed by atoms with Crippen LogP contribution in [0.4, 0.5) is 19.1 Å². The van der Waals surface area contributed by atoms with Crippen molar-refractivity contribution in [1.29, 1.82) is 0 Å². The van der Waals surface area contributed by atoms with Gasteiger partial charge in [0.15, 0.2) is 12.3 Å². The summed E-state index contributed by atoms with van der Waals surface area (Å²) in [5.74, 6) is -0.0378. The molecule has 0 spiro atoms. The number of carbonyl (C=O) groups excluding carboxylic acids is 1. The summed E-state index contributed by atoms with van der Waals surface area (Å²) in [7, 11) is 0. The Bertz CT molecular complexity index is 1490. The smallest absolute Gasteiger partial charge is 0.416 e. The van der Waals surface area contributed by atoms with Crippen LogP contribution >= 0.6 is 0 Å². The summed E-state index contributed by atoms with van der Waals surface area (Å²) in [6, 6.07) is 13.6. The van der Waals surface area contributed by atoms with Gasteiger partial charge in [-0.1, -0.05) is 30.3 Å². The Morgan fingerprint density at radius 3 is 2.68 bits per heavy atom. The van der Waals surface area contributed by atoms with Crippen molar-refractivity contribution in [2.45, 2.75) is 12.7 Å². The molecule has 0 saturated heterocycles. The number of hydrogen-bond acceptors (Lipinski definition) is 5. The molecule has 34 heavy (non-hydrogen) atoms. The van der Waals surface area contributed by atoms with Crippen LogP contribution in [0.2, 0.25) is 0 Å². The lowest BCUT2D eigenvalue weighted by molar-refractivity contribution is -0.137. The summed E-state index contributed by atoms with van der Waals surface area (Å²) in [5, 5.41) is 6.95. The second kappa shape index (κ2) is 8.18. The molecule has 1 aliphatic heterocycles. The zero-order valence-corrected chi connectivity index (χ0v) is 17.4. The molecule has 0 saturated carbocycles. The van der Waals surface area contributed by atoms with Gasteiger partial charge in [-0.3, -0.25) is 19.5 Å². The Hall–Kier alpha value is -4.41. The third-order valence-corrected chi connectivity index (χ3v) is 5.24. The molecular weight excluding hydrogens is 451 g/mol. The van der Waals surface area contributed by atoms with E-state index >= 15 is 0 Å². The summed E-state index contributed by atoms with van der Waals surface area (Å²) in [6.07, 6.45) is -1.54. The summed E-state index contributed by atoms with van der Waals surface area (Å²) in [4.78, 5) is 28.9. The molecule has 2 aromatic heterocycles. The van der Waals surface area contributed by atoms with Crippen molar-refractivity contribution in [3.63, 3.8) is 0 Å². The minimum absolute atomic E-state index is 0.0137. The maximum atomic E-state index is 13.2. The summed E-state index contributed by atoms with van der Waals surface area (Å²) < 4.78 is 47.9. The molecule has 0 atom stereocenters. The minimum atomic E-state index is -4.50. The summed E-state index contributed by atoms with van der Waals surface area (Å²) >= 11 is 0. The lowest BCUT2D eigenvalue weighted by Gasteiger charge is -2.21. The van der Waals surface area contributed by atoms with Crippen molar-refractivity contribution >= 4 is 28.6 Å². The maximum absolute atomic E-state index is 13.2. The fourth-order valence-electron chi connectivity index (χ4n) is 3.70. The van der Waals surface area contributed by atoms with Crippen molar-refractivity contribution in [2.24, 2.45) is 0 Å². The molecule has 3 heterocycles. The van der Waals surface area contributed by atoms with Crippen LogP contribution in [0, 0.1) is 0 Å². The van der Waals surface area contributed by atoms with Crippen LogP contribution in [0.1, 0.15) is 11.1 Å². The lowest BCUT2D eigenvalue weighted by Crippen LogP contribution is -2.28. The van der Waals surface area contributed by atoms with E-state index in [-0.39, 0.29) is 30.0 Å². The molecule has 0 unspecified atom stereocenters. The van der Waals surface area contributed by atoms with Gasteiger partial charge in [-0.15, -0.1) is 0 Å². The van der Waals surface area contributed by atoms with Gasteiger partial charge in [-0.25, -0.2) is 4.68 Å². The van der Waals surface area contributed by atoms with Crippen molar-refractivity contribution in [3.8, 4) is 5.75 Å². The standard InChI is InChI=1S/C23H16F3N5O3/c24-23(25,26)15-6-4-5-14(11-15)18-9-10-30-21-17(12-27-31(18)21)20(33)29-22(30)28-19(32)13-34-16-7-2-1-3-8-16/h1-9,11-12H,10,13H2,(H,28,29,32,33). The van der Waals surface area contributed by atoms with E-state index in [0.29, 0.717) is 17.1 Å². The van der Waals surface area contributed by atoms with Gasteiger partial charge >= 0.3 is 6.18 Å². The number of nitrogens with one attached hydrogen (secondary N) is 1. The maximum Gasteiger partial charge on any atom is 0.416 e. The number of alkyl halides is 3. The molecule has 1 aliphatic rings. The Morgan fingerprint density at radius 2 is 1.91 bits per heavy atom. The third kappa shape index (κ3) is 3.91. The van der Waals surface area contributed by atoms with Crippen LogP contribution in [0.3, 0.4) is 0 Å². The van der Waals surface area contributed by atoms with Crippen LogP contribution in [-0.4, -0.2) is 31.8 Å². The number of amides is 1. The van der Waals surface area contributed by atoms with E-state index in [2.05, 4.69) is 15.4 Å². The highest BCUT2D eigenvalue weighted by Crippen LogP contribution is 2.33. The Kier molecular flexibility index (Phi) is 5.16. The first-order valence-electron chi connectivity index (χ1n) is 10.2. The molecule has 4 aromatic rings. The zero-order valence-electron chi connectivity index (χ0n) is 17.4. The van der Waals surface area contributed by atoms with Gasteiger partial charge in [0.2, 0.25) is 5.95 Å². The van der Waals surface area contributed by atoms with E-state index in [4.69, 9.17) is 4.74 Å². The Morgan fingerprint density at radius 1 is 1.12 bits per heavy atom. The van der Waals surface area contributed by atoms with Crippen molar-refractivity contribution < 1.29 is 22.7 Å². The quantitative estimate of drug-likeness (QED) is 0.485. The number of halogens is 3. The largest absolute Gasteiger partial charge is 0.484 e. The number of allylic oxidation sites excluding steroid dienone is 1. The molecule has 5 rings (SSSR count). The molecule has 1 amide bonds. The average Bonchev–Trinajstić information content (AvgIpc) is 3.27. The number of aromatic nitrogens is 4. The van der Waals surface area contributed by atoms with Crippen molar-refractivity contribution in [1.82, 2.24) is 19.3 Å². The van der Waals surface area contributed by atoms with Gasteiger partial charge < -0.3 is 4.74 Å². The van der Waals surface area contributed by atoms with Gasteiger partial charge in [-0.2, -0.15) is 23.3 Å². The van der Waals surface area contributed by atoms with E-state index in [0.717, 1.165) is 12.1 Å². The van der Waals surface area contributed by atoms with Crippen LogP contribution < -0.4 is 15.6 Å². The van der Waals surface area contributed by atoms with Gasteiger partial charge in [0.25, 0.3) is 11.5 Å². The van der Waals surface area contributed by atoms with E-state index in [1.165, 1.54) is 23.0 Å². The Balaban J connectivity index is 1.47. The normalized spacial score (nSPS) is 13.0. The third-order valence-electron chi connectivity index (χ3n) is 5.24. The van der Waals surface area contributed by atoms with E-state index < -0.39 is 23.2 Å². The number of anilines is 1. The summed E-state index contributed by atoms with van der Waals surface area (Å²) in [5.41, 5.74) is -0.428. The number of carbonyl (C=O) groups is 1. The highest BCUT2D eigenvalue weighted by Gasteiger charge is 2.31. The molecule has 1 N–H and O–H groups in total. The molecule has 8 nitrogen and oxygen atoms in total. The predicted molar refractivity (Wildman–Crippen MR) is 117 cm³/mol. The second-order valence-electron chi connectivity index (χ2n) is 7.46. The molecule has 11 heteroatoms. The molecule has 0 fully saturated rings. The first-order chi connectivity index (χ1) is 16.3. The topological polar surface area (TPSA) is 91.0 Å². The minimum Gasteiger partial charge on any atom is -0.484 e. The van der Waals surface area contributed by atoms with Crippen LogP contribution in [0.25, 0.3) is 16.7 Å². The van der Waals surface area contributed by atoms with Gasteiger partial charge in [0.1, 0.15) is 11.1 Å². The number of benzene rings is 2. The number of hydrogen-bond donors (Lipinski definition) is 1. The molecule has 0 bridgehead atoms. The first-order valence-corrected chi connectivity index (χ1v) is 10.2. The number of ether oxygens (including phenoxy) is 1. The molecule has 0 aliphatic carbocycles. The molecule has 0 radical (unpaired) electrons. The van der Waals surface area contributed by atoms with Crippen LogP contribution in [0.5, 0.6) is 5.75 Å². The van der Waals surface area contributed by atoms with Crippen molar-refractivity contribution in [3.05, 3.63) is 88.4 Å². The fourth-order valence-corrected chi connectivity index (χ4v) is 3.70. The highest BCUT2D eigenvalue weighted by atomic mass is 19.4. The number of para-hydroxylation sites is 1. The SMILES string of the molecule is O=C(COc1ccccc1)Nc1nc(=O)c2cnn3c2n1CC=C3c1cccc(C(F)(F)F)c1. The fraction of sp³-hybridized carbons (Fsp3) is 0.130. The van der Waals surface area contributed by atoms with Crippen molar-refractivity contribution in [2.75, 3.05) is 11.9 Å². The molecule has 2 aromatic carbocycles. The monoisotopic (exact) mass is 467 g/mol. The van der Waals surface area contributed by atoms with Gasteiger partial charge in [0.05, 0.1) is 17.5 Å². The lowest BCUT2D eigenvalue weighted by atomic mass is 10.1. The second-order valence-corrected chi connectivity index (χ2v) is 7.46. The van der Waals surface area contributed by atoms with Crippen LogP contribution in [0.15, 0.2) is 71.7 Å². The molecular formula is C23H16F3N5O3. The predicted octanol–water partition coefficient (Wildman–Crippen LogP) is 3.53. The number of nitrogens with zero attached hydrogens (tertiary/aromatic N) is 4. The summed E-state index contributed by atoms with van der Waals surface area (Å²) in [6.45, 7) is -0.154. The van der Waals surface area contributed by atoms with E-state index in [1.54, 1.807) is 34.9 Å². The van der Waals surface area contributed by atoms with Gasteiger partial charge in [0, 0.05) is 12.1 Å². The van der Waals surface area contributed by atoms with Gasteiger partial charge in [-0.05, 0) is 30.3 Å². The number of rotatable bonds is 5. The van der Waals surface area contributed by atoms with E-state index in [1.807, 2.05) is 6.07 Å². The Labute approximate surface area is 189 Å². The average molecular weight is 467 g/mol. The van der Waals surface area contributed by atoms with E-state index in [9.17, 15) is 22.8 Å². The zero-order chi connectivity index (χ0) is 23.9. The first kappa shape index (κ1) is 21.4.